The Morgan fingerprint density at radius 3 is 2.41 bits per heavy atom. The molecule has 4 rings (SSSR count). The standard InChI is InChI=1S/C27H37N3O3S/c1-20-12-14-25(15-13-20)34(32,33)30-24-16-23(17-28-18-24)27(31)29-19-26(21-8-4-2-5-9-21)22-10-6-3-7-11-22/h2,4-5,8-9,12-15,22-24,26,28,30H,3,6-7,10-11,16-19H2,1H3,(H,29,31). The number of aryl methyl sites for hydroxylation is 1. The monoisotopic (exact) mass is 483 g/mol. The molecule has 6 nitrogen and oxygen atoms in total. The number of hydrogen-bond donors (Lipinski definition) is 3. The molecule has 0 bridgehead atoms. The van der Waals surface area contributed by atoms with Crippen LogP contribution in [-0.2, 0) is 14.8 Å². The topological polar surface area (TPSA) is 87.3 Å². The largest absolute Gasteiger partial charge is 0.355 e. The molecule has 3 unspecified atom stereocenters. The first-order valence-corrected chi connectivity index (χ1v) is 14.0. The summed E-state index contributed by atoms with van der Waals surface area (Å²) in [5.74, 6) is 0.651. The van der Waals surface area contributed by atoms with E-state index in [0.717, 1.165) is 5.56 Å². The SMILES string of the molecule is Cc1ccc(S(=O)(=O)NC2CNCC(C(=O)NCC(c3ccccc3)C3CCCCC3)C2)cc1. The third kappa shape index (κ3) is 6.46. The first-order chi connectivity index (χ1) is 16.4. The number of carbonyl (C=O) groups excluding carboxylic acids is 1. The van der Waals surface area contributed by atoms with Crippen LogP contribution < -0.4 is 15.4 Å². The van der Waals surface area contributed by atoms with E-state index in [1.807, 2.05) is 13.0 Å². The van der Waals surface area contributed by atoms with Crippen LogP contribution in [0.4, 0.5) is 0 Å². The van der Waals surface area contributed by atoms with Crippen molar-refractivity contribution >= 4 is 15.9 Å². The quantitative estimate of drug-likeness (QED) is 0.534. The zero-order valence-electron chi connectivity index (χ0n) is 20.0. The number of benzene rings is 2. The molecule has 2 fully saturated rings. The maximum Gasteiger partial charge on any atom is 0.240 e. The van der Waals surface area contributed by atoms with E-state index in [-0.39, 0.29) is 22.8 Å². The van der Waals surface area contributed by atoms with Crippen LogP contribution in [-0.4, -0.2) is 40.0 Å². The molecule has 0 aromatic heterocycles. The predicted octanol–water partition coefficient (Wildman–Crippen LogP) is 3.73. The zero-order valence-corrected chi connectivity index (χ0v) is 20.8. The molecule has 2 aromatic rings. The van der Waals surface area contributed by atoms with Crippen LogP contribution in [0, 0.1) is 18.8 Å². The third-order valence-electron chi connectivity index (χ3n) is 7.32. The van der Waals surface area contributed by atoms with Crippen molar-refractivity contribution in [1.29, 1.82) is 0 Å². The Morgan fingerprint density at radius 2 is 1.71 bits per heavy atom. The Morgan fingerprint density at radius 1 is 1.00 bits per heavy atom. The van der Waals surface area contributed by atoms with Crippen molar-refractivity contribution in [2.75, 3.05) is 19.6 Å². The minimum absolute atomic E-state index is 0.00322. The van der Waals surface area contributed by atoms with Crippen LogP contribution in [0.2, 0.25) is 0 Å². The van der Waals surface area contributed by atoms with Crippen molar-refractivity contribution < 1.29 is 13.2 Å². The summed E-state index contributed by atoms with van der Waals surface area (Å²) < 4.78 is 28.4. The molecule has 1 amide bonds. The summed E-state index contributed by atoms with van der Waals surface area (Å²) in [4.78, 5) is 13.4. The molecule has 1 aliphatic heterocycles. The minimum atomic E-state index is -3.62. The molecule has 1 saturated carbocycles. The smallest absolute Gasteiger partial charge is 0.240 e. The van der Waals surface area contributed by atoms with Gasteiger partial charge in [-0.1, -0.05) is 67.3 Å². The van der Waals surface area contributed by atoms with Gasteiger partial charge in [-0.15, -0.1) is 0 Å². The van der Waals surface area contributed by atoms with E-state index in [0.29, 0.717) is 37.9 Å². The highest BCUT2D eigenvalue weighted by Crippen LogP contribution is 2.35. The lowest BCUT2D eigenvalue weighted by Gasteiger charge is -2.33. The van der Waals surface area contributed by atoms with E-state index < -0.39 is 10.0 Å². The summed E-state index contributed by atoms with van der Waals surface area (Å²) >= 11 is 0. The maximum absolute atomic E-state index is 13.1. The van der Waals surface area contributed by atoms with Crippen molar-refractivity contribution in [2.45, 2.75) is 62.3 Å². The fraction of sp³-hybridized carbons (Fsp3) is 0.519. The van der Waals surface area contributed by atoms with Gasteiger partial charge in [0.1, 0.15) is 0 Å². The molecule has 3 atom stereocenters. The molecule has 1 heterocycles. The van der Waals surface area contributed by atoms with Crippen molar-refractivity contribution in [3.05, 3.63) is 65.7 Å². The molecule has 184 valence electrons. The zero-order chi connectivity index (χ0) is 24.0. The van der Waals surface area contributed by atoms with Gasteiger partial charge in [-0.3, -0.25) is 4.79 Å². The van der Waals surface area contributed by atoms with Crippen LogP contribution >= 0.6 is 0 Å². The van der Waals surface area contributed by atoms with Crippen LogP contribution in [0.5, 0.6) is 0 Å². The summed E-state index contributed by atoms with van der Waals surface area (Å²) in [5, 5.41) is 6.46. The summed E-state index contributed by atoms with van der Waals surface area (Å²) in [6.45, 7) is 3.64. The highest BCUT2D eigenvalue weighted by Gasteiger charge is 2.31. The lowest BCUT2D eigenvalue weighted by Crippen LogP contribution is -2.52. The van der Waals surface area contributed by atoms with E-state index in [2.05, 4.69) is 39.6 Å². The molecular weight excluding hydrogens is 446 g/mol. The van der Waals surface area contributed by atoms with Crippen LogP contribution in [0.1, 0.15) is 55.6 Å². The Bertz CT molecular complexity index is 1030. The molecule has 0 spiro atoms. The first-order valence-electron chi connectivity index (χ1n) is 12.5. The molecule has 7 heteroatoms. The van der Waals surface area contributed by atoms with Gasteiger partial charge in [0.25, 0.3) is 0 Å². The minimum Gasteiger partial charge on any atom is -0.355 e. The molecule has 1 aliphatic carbocycles. The maximum atomic E-state index is 13.1. The Hall–Kier alpha value is -2.22. The number of amides is 1. The van der Waals surface area contributed by atoms with Gasteiger partial charge >= 0.3 is 0 Å². The van der Waals surface area contributed by atoms with Crippen LogP contribution in [0.15, 0.2) is 59.5 Å². The number of carbonyl (C=O) groups is 1. The number of hydrogen-bond acceptors (Lipinski definition) is 4. The second-order valence-corrected chi connectivity index (χ2v) is 11.6. The molecule has 3 N–H and O–H groups in total. The number of piperidine rings is 1. The summed E-state index contributed by atoms with van der Waals surface area (Å²) in [6, 6.07) is 17.0. The highest BCUT2D eigenvalue weighted by atomic mass is 32.2. The summed E-state index contributed by atoms with van der Waals surface area (Å²) in [6.07, 6.45) is 6.74. The van der Waals surface area contributed by atoms with Gasteiger partial charge in [0.2, 0.25) is 15.9 Å². The molecule has 2 aliphatic rings. The van der Waals surface area contributed by atoms with Gasteiger partial charge in [0.05, 0.1) is 10.8 Å². The number of nitrogens with one attached hydrogen (secondary N) is 3. The van der Waals surface area contributed by atoms with E-state index in [9.17, 15) is 13.2 Å². The second kappa shape index (κ2) is 11.5. The summed E-state index contributed by atoms with van der Waals surface area (Å²) in [5.41, 5.74) is 2.30. The van der Waals surface area contributed by atoms with E-state index in [1.54, 1.807) is 24.3 Å². The van der Waals surface area contributed by atoms with Gasteiger partial charge in [0, 0.05) is 31.6 Å². The Kier molecular flexibility index (Phi) is 8.40. The fourth-order valence-electron chi connectivity index (χ4n) is 5.38. The van der Waals surface area contributed by atoms with Gasteiger partial charge in [-0.05, 0) is 49.8 Å². The van der Waals surface area contributed by atoms with Gasteiger partial charge in [0.15, 0.2) is 0 Å². The summed E-state index contributed by atoms with van der Waals surface area (Å²) in [7, 11) is -3.62. The van der Waals surface area contributed by atoms with Gasteiger partial charge in [-0.25, -0.2) is 13.1 Å². The van der Waals surface area contributed by atoms with E-state index in [1.165, 1.54) is 37.7 Å². The average Bonchev–Trinajstić information content (AvgIpc) is 2.85. The predicted molar refractivity (Wildman–Crippen MR) is 135 cm³/mol. The van der Waals surface area contributed by atoms with Crippen molar-refractivity contribution in [2.24, 2.45) is 11.8 Å². The molecule has 1 saturated heterocycles. The second-order valence-electron chi connectivity index (χ2n) is 9.88. The average molecular weight is 484 g/mol. The fourth-order valence-corrected chi connectivity index (χ4v) is 6.63. The normalized spacial score (nSPS) is 22.7. The van der Waals surface area contributed by atoms with Crippen molar-refractivity contribution in [1.82, 2.24) is 15.4 Å². The van der Waals surface area contributed by atoms with Crippen molar-refractivity contribution in [3.8, 4) is 0 Å². The van der Waals surface area contributed by atoms with Crippen LogP contribution in [0.3, 0.4) is 0 Å². The van der Waals surface area contributed by atoms with E-state index >= 15 is 0 Å². The van der Waals surface area contributed by atoms with Gasteiger partial charge in [-0.2, -0.15) is 0 Å². The Balaban J connectivity index is 1.36. The van der Waals surface area contributed by atoms with Crippen molar-refractivity contribution in [3.63, 3.8) is 0 Å². The van der Waals surface area contributed by atoms with E-state index in [4.69, 9.17) is 0 Å². The molecule has 34 heavy (non-hydrogen) atoms. The lowest BCUT2D eigenvalue weighted by molar-refractivity contribution is -0.125. The highest BCUT2D eigenvalue weighted by molar-refractivity contribution is 7.89. The first kappa shape index (κ1) is 24.9. The Labute approximate surface area is 204 Å². The van der Waals surface area contributed by atoms with Gasteiger partial charge < -0.3 is 10.6 Å². The molecule has 2 aromatic carbocycles. The molecular formula is C27H37N3O3S. The third-order valence-corrected chi connectivity index (χ3v) is 8.85. The number of sulfonamides is 1. The lowest BCUT2D eigenvalue weighted by atomic mass is 9.76. The van der Waals surface area contributed by atoms with Crippen LogP contribution in [0.25, 0.3) is 0 Å². The number of rotatable bonds is 8. The molecule has 0 radical (unpaired) electrons.